The predicted molar refractivity (Wildman–Crippen MR) is 91.9 cm³/mol. The van der Waals surface area contributed by atoms with Crippen molar-refractivity contribution in [2.75, 3.05) is 7.11 Å². The van der Waals surface area contributed by atoms with E-state index in [4.69, 9.17) is 9.73 Å². The molecule has 1 aliphatic rings. The largest absolute Gasteiger partial charge is 0.466 e. The number of hydrogen-bond acceptors (Lipinski definition) is 5. The normalized spacial score (nSPS) is 24.0. The van der Waals surface area contributed by atoms with Gasteiger partial charge in [-0.15, -0.1) is 0 Å². The summed E-state index contributed by atoms with van der Waals surface area (Å²) in [5, 5.41) is 0. The second kappa shape index (κ2) is 7.43. The van der Waals surface area contributed by atoms with Crippen LogP contribution in [0, 0.1) is 5.92 Å². The average Bonchev–Trinajstić information content (AvgIpc) is 2.57. The molecule has 1 aliphatic heterocycles. The number of benzene rings is 1. The van der Waals surface area contributed by atoms with E-state index in [0.29, 0.717) is 0 Å². The Morgan fingerprint density at radius 1 is 1.38 bits per heavy atom. The minimum absolute atomic E-state index is 0.114. The van der Waals surface area contributed by atoms with Crippen molar-refractivity contribution in [1.82, 2.24) is 0 Å². The lowest BCUT2D eigenvalue weighted by molar-refractivity contribution is -0.155. The van der Waals surface area contributed by atoms with Crippen molar-refractivity contribution in [1.29, 1.82) is 0 Å². The highest BCUT2D eigenvalue weighted by molar-refractivity contribution is 6.08. The second-order valence-electron chi connectivity index (χ2n) is 6.34. The van der Waals surface area contributed by atoms with Crippen LogP contribution in [0.1, 0.15) is 32.8 Å². The number of nitrogens with zero attached hydrogens (tertiary/aromatic N) is 1. The molecule has 24 heavy (non-hydrogen) atoms. The summed E-state index contributed by atoms with van der Waals surface area (Å²) in [6, 6.07) is 9.71. The van der Waals surface area contributed by atoms with Crippen molar-refractivity contribution < 1.29 is 19.1 Å². The number of ether oxygens (including phenoxy) is 2. The minimum Gasteiger partial charge on any atom is -0.466 e. The maximum absolute atomic E-state index is 12.5. The number of cyclic esters (lactones) is 1. The van der Waals surface area contributed by atoms with Crippen molar-refractivity contribution in [3.8, 4) is 0 Å². The third kappa shape index (κ3) is 3.91. The van der Waals surface area contributed by atoms with Crippen LogP contribution in [0.15, 0.2) is 47.5 Å². The van der Waals surface area contributed by atoms with Gasteiger partial charge in [-0.05, 0) is 18.4 Å². The van der Waals surface area contributed by atoms with Crippen LogP contribution in [0.25, 0.3) is 0 Å². The number of carbonyl (C=O) groups excluding carboxylic acids is 2. The van der Waals surface area contributed by atoms with Crippen LogP contribution in [0.5, 0.6) is 0 Å². The first-order chi connectivity index (χ1) is 11.4. The summed E-state index contributed by atoms with van der Waals surface area (Å²) < 4.78 is 10.3. The first kappa shape index (κ1) is 17.9. The van der Waals surface area contributed by atoms with Gasteiger partial charge in [-0.25, -0.2) is 9.59 Å². The SMILES string of the molecule is COC(=O)/C=C/C[C@]1(C)N=C(c2ccccc2)[C@@H](C(C)C)OC1=O. The Labute approximate surface area is 142 Å². The number of carbonyl (C=O) groups is 2. The highest BCUT2D eigenvalue weighted by atomic mass is 16.5. The summed E-state index contributed by atoms with van der Waals surface area (Å²) in [5.41, 5.74) is 0.646. The van der Waals surface area contributed by atoms with Gasteiger partial charge in [0.05, 0.1) is 12.8 Å². The molecule has 1 aromatic carbocycles. The smallest absolute Gasteiger partial charge is 0.334 e. The molecule has 1 aromatic rings. The van der Waals surface area contributed by atoms with Gasteiger partial charge in [0, 0.05) is 12.5 Å². The molecule has 5 nitrogen and oxygen atoms in total. The van der Waals surface area contributed by atoms with Crippen molar-refractivity contribution >= 4 is 17.7 Å². The molecule has 0 amide bonds. The zero-order chi connectivity index (χ0) is 17.7. The van der Waals surface area contributed by atoms with Crippen molar-refractivity contribution in [2.24, 2.45) is 10.9 Å². The minimum atomic E-state index is -1.05. The maximum atomic E-state index is 12.5. The Morgan fingerprint density at radius 2 is 2.04 bits per heavy atom. The molecule has 0 radical (unpaired) electrons. The van der Waals surface area contributed by atoms with Gasteiger partial charge in [0.25, 0.3) is 0 Å². The van der Waals surface area contributed by atoms with Crippen LogP contribution in [0.4, 0.5) is 0 Å². The van der Waals surface area contributed by atoms with Crippen LogP contribution in [-0.2, 0) is 19.1 Å². The Morgan fingerprint density at radius 3 is 2.62 bits per heavy atom. The Balaban J connectivity index is 2.37. The fourth-order valence-electron chi connectivity index (χ4n) is 2.54. The summed E-state index contributed by atoms with van der Waals surface area (Å²) in [7, 11) is 1.31. The maximum Gasteiger partial charge on any atom is 0.334 e. The Hall–Kier alpha value is -2.43. The third-order valence-electron chi connectivity index (χ3n) is 3.96. The van der Waals surface area contributed by atoms with E-state index in [0.717, 1.165) is 11.3 Å². The first-order valence-corrected chi connectivity index (χ1v) is 7.98. The molecule has 5 heteroatoms. The van der Waals surface area contributed by atoms with Gasteiger partial charge in [-0.1, -0.05) is 50.3 Å². The molecule has 0 saturated heterocycles. The summed E-state index contributed by atoms with van der Waals surface area (Å²) in [5.74, 6) is -0.728. The van der Waals surface area contributed by atoms with Crippen LogP contribution in [-0.4, -0.2) is 36.4 Å². The second-order valence-corrected chi connectivity index (χ2v) is 6.34. The molecule has 0 bridgehead atoms. The van der Waals surface area contributed by atoms with E-state index in [1.165, 1.54) is 13.2 Å². The molecule has 0 aliphatic carbocycles. The number of rotatable bonds is 5. The molecule has 2 rings (SSSR count). The van der Waals surface area contributed by atoms with E-state index < -0.39 is 11.5 Å². The fraction of sp³-hybridized carbons (Fsp3) is 0.421. The molecule has 0 saturated carbocycles. The first-order valence-electron chi connectivity index (χ1n) is 7.98. The Kier molecular flexibility index (Phi) is 5.54. The third-order valence-corrected chi connectivity index (χ3v) is 3.96. The van der Waals surface area contributed by atoms with E-state index in [-0.39, 0.29) is 24.4 Å². The van der Waals surface area contributed by atoms with Crippen LogP contribution in [0.2, 0.25) is 0 Å². The van der Waals surface area contributed by atoms with Gasteiger partial charge < -0.3 is 9.47 Å². The Bertz CT molecular complexity index is 663. The standard InChI is InChI=1S/C19H23NO4/c1-13(2)17-16(14-9-6-5-7-10-14)20-19(3,18(22)24-17)12-8-11-15(21)23-4/h5-11,13,17H,12H2,1-4H3/b11-8+/t17-,19+/m1/s1. The van der Waals surface area contributed by atoms with Crippen LogP contribution < -0.4 is 0 Å². The molecular weight excluding hydrogens is 306 g/mol. The summed E-state index contributed by atoms with van der Waals surface area (Å²) in [4.78, 5) is 28.4. The topological polar surface area (TPSA) is 65.0 Å². The summed E-state index contributed by atoms with van der Waals surface area (Å²) in [6.07, 6.45) is 2.78. The molecule has 0 unspecified atom stereocenters. The molecule has 0 spiro atoms. The van der Waals surface area contributed by atoms with E-state index in [1.54, 1.807) is 13.0 Å². The predicted octanol–water partition coefficient (Wildman–Crippen LogP) is 2.94. The highest BCUT2D eigenvalue weighted by Gasteiger charge is 2.42. The van der Waals surface area contributed by atoms with E-state index in [2.05, 4.69) is 4.74 Å². The molecule has 0 fully saturated rings. The molecule has 1 heterocycles. The van der Waals surface area contributed by atoms with Gasteiger partial charge in [-0.2, -0.15) is 0 Å². The van der Waals surface area contributed by atoms with Crippen molar-refractivity contribution in [2.45, 2.75) is 38.8 Å². The lowest BCUT2D eigenvalue weighted by Crippen LogP contribution is -2.48. The number of methoxy groups -OCH3 is 1. The van der Waals surface area contributed by atoms with Gasteiger partial charge in [0.15, 0.2) is 5.54 Å². The summed E-state index contributed by atoms with van der Waals surface area (Å²) >= 11 is 0. The van der Waals surface area contributed by atoms with Crippen molar-refractivity contribution in [3.63, 3.8) is 0 Å². The average molecular weight is 329 g/mol. The zero-order valence-corrected chi connectivity index (χ0v) is 14.5. The van der Waals surface area contributed by atoms with Crippen LogP contribution in [0.3, 0.4) is 0 Å². The number of hydrogen-bond donors (Lipinski definition) is 0. The molecular formula is C19H23NO4. The van der Waals surface area contributed by atoms with E-state index in [9.17, 15) is 9.59 Å². The van der Waals surface area contributed by atoms with Gasteiger partial charge >= 0.3 is 11.9 Å². The highest BCUT2D eigenvalue weighted by Crippen LogP contribution is 2.29. The number of aliphatic imine (C=N–C) groups is 1. The van der Waals surface area contributed by atoms with E-state index in [1.807, 2.05) is 44.2 Å². The molecule has 2 atom stereocenters. The van der Waals surface area contributed by atoms with Gasteiger partial charge in [0.1, 0.15) is 6.10 Å². The molecule has 0 aromatic heterocycles. The van der Waals surface area contributed by atoms with Crippen LogP contribution >= 0.6 is 0 Å². The fourth-order valence-corrected chi connectivity index (χ4v) is 2.54. The monoisotopic (exact) mass is 329 g/mol. The van der Waals surface area contributed by atoms with Gasteiger partial charge in [-0.3, -0.25) is 4.99 Å². The zero-order valence-electron chi connectivity index (χ0n) is 14.5. The molecule has 128 valence electrons. The lowest BCUT2D eigenvalue weighted by Gasteiger charge is -2.35. The quantitative estimate of drug-likeness (QED) is 0.615. The van der Waals surface area contributed by atoms with E-state index >= 15 is 0 Å². The lowest BCUT2D eigenvalue weighted by atomic mass is 9.90. The van der Waals surface area contributed by atoms with Crippen molar-refractivity contribution in [3.05, 3.63) is 48.0 Å². The summed E-state index contributed by atoms with van der Waals surface area (Å²) in [6.45, 7) is 5.71. The van der Waals surface area contributed by atoms with Gasteiger partial charge in [0.2, 0.25) is 0 Å². The number of esters is 2. The molecule has 0 N–H and O–H groups in total.